The van der Waals surface area contributed by atoms with Crippen LogP contribution < -0.4 is 4.74 Å². The first kappa shape index (κ1) is 13.5. The Hall–Kier alpha value is -1.51. The van der Waals surface area contributed by atoms with Crippen LogP contribution in [-0.2, 0) is 0 Å². The molecule has 1 amide bonds. The number of rotatable bonds is 4. The van der Waals surface area contributed by atoms with Gasteiger partial charge in [0.15, 0.2) is 0 Å². The average molecular weight is 273 g/mol. The molecule has 3 rings (SSSR count). The third kappa shape index (κ3) is 2.82. The van der Waals surface area contributed by atoms with Crippen LogP contribution in [0.3, 0.4) is 0 Å². The second kappa shape index (κ2) is 5.86. The van der Waals surface area contributed by atoms with Crippen molar-refractivity contribution in [3.63, 3.8) is 0 Å². The first-order chi connectivity index (χ1) is 9.79. The molecule has 20 heavy (non-hydrogen) atoms. The normalized spacial score (nSPS) is 19.6. The minimum absolute atomic E-state index is 0.193. The molecule has 0 heterocycles. The Morgan fingerprint density at radius 1 is 1.10 bits per heavy atom. The fourth-order valence-corrected chi connectivity index (χ4v) is 3.25. The topological polar surface area (TPSA) is 29.5 Å². The molecule has 2 aliphatic carbocycles. The number of carbonyl (C=O) groups is 1. The molecule has 0 spiro atoms. The van der Waals surface area contributed by atoms with Gasteiger partial charge in [-0.15, -0.1) is 0 Å². The fraction of sp³-hybridized carbons (Fsp3) is 0.588. The number of carbonyl (C=O) groups excluding carboxylic acids is 1. The van der Waals surface area contributed by atoms with Crippen molar-refractivity contribution in [1.82, 2.24) is 4.90 Å². The summed E-state index contributed by atoms with van der Waals surface area (Å²) < 4.78 is 5.24. The number of methoxy groups -OCH3 is 1. The first-order valence-corrected chi connectivity index (χ1v) is 7.76. The van der Waals surface area contributed by atoms with Crippen LogP contribution in [0.1, 0.15) is 55.3 Å². The maximum atomic E-state index is 12.9. The van der Waals surface area contributed by atoms with Crippen LogP contribution in [0.15, 0.2) is 24.3 Å². The summed E-state index contributed by atoms with van der Waals surface area (Å²) in [7, 11) is 1.64. The number of benzene rings is 1. The van der Waals surface area contributed by atoms with Gasteiger partial charge in [0.1, 0.15) is 5.75 Å². The van der Waals surface area contributed by atoms with Gasteiger partial charge in [0.25, 0.3) is 5.91 Å². The highest BCUT2D eigenvalue weighted by atomic mass is 16.5. The molecule has 0 atom stereocenters. The molecule has 2 fully saturated rings. The molecule has 2 aliphatic rings. The Morgan fingerprint density at radius 3 is 2.45 bits per heavy atom. The predicted octanol–water partition coefficient (Wildman–Crippen LogP) is 3.63. The van der Waals surface area contributed by atoms with Crippen LogP contribution in [-0.4, -0.2) is 30.0 Å². The number of nitrogens with zero attached hydrogens (tertiary/aromatic N) is 1. The van der Waals surface area contributed by atoms with Gasteiger partial charge in [-0.25, -0.2) is 0 Å². The van der Waals surface area contributed by atoms with Gasteiger partial charge in [-0.05, 0) is 43.9 Å². The summed E-state index contributed by atoms with van der Waals surface area (Å²) >= 11 is 0. The smallest absolute Gasteiger partial charge is 0.254 e. The van der Waals surface area contributed by atoms with Gasteiger partial charge in [0.05, 0.1) is 7.11 Å². The molecule has 0 aromatic heterocycles. The van der Waals surface area contributed by atoms with E-state index < -0.39 is 0 Å². The largest absolute Gasteiger partial charge is 0.497 e. The SMILES string of the molecule is COc1cccc(C(=O)N(C2CCCCC2)C2CC2)c1. The molecule has 0 aliphatic heterocycles. The minimum Gasteiger partial charge on any atom is -0.497 e. The lowest BCUT2D eigenvalue weighted by atomic mass is 9.93. The summed E-state index contributed by atoms with van der Waals surface area (Å²) in [5.74, 6) is 0.952. The molecule has 0 N–H and O–H groups in total. The van der Waals surface area contributed by atoms with E-state index in [1.165, 1.54) is 44.9 Å². The van der Waals surface area contributed by atoms with E-state index >= 15 is 0 Å². The molecule has 0 saturated heterocycles. The number of hydrogen-bond donors (Lipinski definition) is 0. The molecule has 0 bridgehead atoms. The summed E-state index contributed by atoms with van der Waals surface area (Å²) in [5, 5.41) is 0. The minimum atomic E-state index is 0.193. The third-order valence-corrected chi connectivity index (χ3v) is 4.46. The number of hydrogen-bond acceptors (Lipinski definition) is 2. The van der Waals surface area contributed by atoms with Crippen molar-refractivity contribution in [3.05, 3.63) is 29.8 Å². The molecular formula is C17H23NO2. The summed E-state index contributed by atoms with van der Waals surface area (Å²) in [4.78, 5) is 15.0. The first-order valence-electron chi connectivity index (χ1n) is 7.76. The standard InChI is InChI=1S/C17H23NO2/c1-20-16-9-5-6-13(12-16)17(19)18(15-10-11-15)14-7-3-2-4-8-14/h5-6,9,12,14-15H,2-4,7-8,10-11H2,1H3. The molecule has 2 saturated carbocycles. The van der Waals surface area contributed by atoms with Gasteiger partial charge in [0.2, 0.25) is 0 Å². The van der Waals surface area contributed by atoms with Crippen molar-refractivity contribution in [2.75, 3.05) is 7.11 Å². The van der Waals surface area contributed by atoms with Gasteiger partial charge in [-0.3, -0.25) is 4.79 Å². The molecule has 0 unspecified atom stereocenters. The molecule has 0 radical (unpaired) electrons. The van der Waals surface area contributed by atoms with E-state index in [-0.39, 0.29) is 5.91 Å². The van der Waals surface area contributed by atoms with Crippen LogP contribution in [0.4, 0.5) is 0 Å². The maximum Gasteiger partial charge on any atom is 0.254 e. The van der Waals surface area contributed by atoms with Crippen LogP contribution >= 0.6 is 0 Å². The average Bonchev–Trinajstić information content (AvgIpc) is 3.33. The van der Waals surface area contributed by atoms with E-state index in [0.29, 0.717) is 12.1 Å². The van der Waals surface area contributed by atoms with Crippen molar-refractivity contribution in [3.8, 4) is 5.75 Å². The van der Waals surface area contributed by atoms with Crippen molar-refractivity contribution in [2.24, 2.45) is 0 Å². The molecule has 108 valence electrons. The summed E-state index contributed by atoms with van der Waals surface area (Å²) in [6.45, 7) is 0. The lowest BCUT2D eigenvalue weighted by Gasteiger charge is -2.34. The quantitative estimate of drug-likeness (QED) is 0.838. The zero-order valence-electron chi connectivity index (χ0n) is 12.2. The summed E-state index contributed by atoms with van der Waals surface area (Å²) in [6.07, 6.45) is 8.54. The van der Waals surface area contributed by atoms with E-state index in [1.807, 2.05) is 24.3 Å². The summed E-state index contributed by atoms with van der Waals surface area (Å²) in [6, 6.07) is 8.49. The molecule has 1 aromatic rings. The lowest BCUT2D eigenvalue weighted by molar-refractivity contribution is 0.0613. The monoisotopic (exact) mass is 273 g/mol. The van der Waals surface area contributed by atoms with Gasteiger partial charge in [0, 0.05) is 17.6 Å². The summed E-state index contributed by atoms with van der Waals surface area (Å²) in [5.41, 5.74) is 0.766. The lowest BCUT2D eigenvalue weighted by Crippen LogP contribution is -2.43. The van der Waals surface area contributed by atoms with Crippen molar-refractivity contribution in [1.29, 1.82) is 0 Å². The molecule has 3 heteroatoms. The van der Waals surface area contributed by atoms with Crippen LogP contribution in [0.5, 0.6) is 5.75 Å². The Morgan fingerprint density at radius 2 is 1.80 bits per heavy atom. The zero-order chi connectivity index (χ0) is 13.9. The fourth-order valence-electron chi connectivity index (χ4n) is 3.25. The van der Waals surface area contributed by atoms with E-state index in [9.17, 15) is 4.79 Å². The Bertz CT molecular complexity index is 476. The van der Waals surface area contributed by atoms with Crippen molar-refractivity contribution < 1.29 is 9.53 Å². The van der Waals surface area contributed by atoms with Crippen LogP contribution in [0.2, 0.25) is 0 Å². The van der Waals surface area contributed by atoms with Gasteiger partial charge < -0.3 is 9.64 Å². The van der Waals surface area contributed by atoms with Gasteiger partial charge in [-0.2, -0.15) is 0 Å². The highest BCUT2D eigenvalue weighted by Gasteiger charge is 2.38. The van der Waals surface area contributed by atoms with Gasteiger partial charge in [-0.1, -0.05) is 25.3 Å². The highest BCUT2D eigenvalue weighted by molar-refractivity contribution is 5.95. The predicted molar refractivity (Wildman–Crippen MR) is 79.1 cm³/mol. The third-order valence-electron chi connectivity index (χ3n) is 4.46. The number of amides is 1. The Labute approximate surface area is 120 Å². The maximum absolute atomic E-state index is 12.9. The highest BCUT2D eigenvalue weighted by Crippen LogP contribution is 2.35. The van der Waals surface area contributed by atoms with E-state index in [0.717, 1.165) is 11.3 Å². The number of ether oxygens (including phenoxy) is 1. The van der Waals surface area contributed by atoms with Crippen molar-refractivity contribution in [2.45, 2.75) is 57.0 Å². The van der Waals surface area contributed by atoms with Crippen LogP contribution in [0, 0.1) is 0 Å². The van der Waals surface area contributed by atoms with E-state index in [1.54, 1.807) is 7.11 Å². The van der Waals surface area contributed by atoms with Crippen LogP contribution in [0.25, 0.3) is 0 Å². The van der Waals surface area contributed by atoms with Crippen molar-refractivity contribution >= 4 is 5.91 Å². The second-order valence-electron chi connectivity index (χ2n) is 5.97. The van der Waals surface area contributed by atoms with E-state index in [4.69, 9.17) is 4.74 Å². The Balaban J connectivity index is 1.80. The molecule has 3 nitrogen and oxygen atoms in total. The molecule has 1 aromatic carbocycles. The Kier molecular flexibility index (Phi) is 3.95. The van der Waals surface area contributed by atoms with Gasteiger partial charge >= 0.3 is 0 Å². The second-order valence-corrected chi connectivity index (χ2v) is 5.97. The van der Waals surface area contributed by atoms with E-state index in [2.05, 4.69) is 4.90 Å². The zero-order valence-corrected chi connectivity index (χ0v) is 12.2. The molecular weight excluding hydrogens is 250 g/mol.